The molecule has 0 spiro atoms. The first-order chi connectivity index (χ1) is 14.8. The molecule has 0 fully saturated rings. The van der Waals surface area contributed by atoms with Crippen LogP contribution in [0, 0.1) is 11.6 Å². The van der Waals surface area contributed by atoms with Gasteiger partial charge in [-0.2, -0.15) is 4.98 Å². The van der Waals surface area contributed by atoms with Crippen molar-refractivity contribution in [2.75, 3.05) is 0 Å². The van der Waals surface area contributed by atoms with Crippen LogP contribution in [-0.2, 0) is 6.54 Å². The minimum atomic E-state index is -0.869. The zero-order valence-corrected chi connectivity index (χ0v) is 16.9. The second-order valence-electron chi connectivity index (χ2n) is 7.42. The van der Waals surface area contributed by atoms with E-state index in [-0.39, 0.29) is 34.8 Å². The third kappa shape index (κ3) is 3.44. The Kier molecular flexibility index (Phi) is 5.24. The molecule has 2 aromatic carbocycles. The van der Waals surface area contributed by atoms with Gasteiger partial charge in [0.1, 0.15) is 17.3 Å². The first-order valence-corrected chi connectivity index (χ1v) is 9.72. The highest BCUT2D eigenvalue weighted by molar-refractivity contribution is 5.83. The maximum atomic E-state index is 15.0. The molecular weight excluding hydrogens is 402 g/mol. The van der Waals surface area contributed by atoms with Gasteiger partial charge in [-0.25, -0.2) is 23.1 Å². The Hall–Kier alpha value is -3.65. The molecule has 0 saturated carbocycles. The van der Waals surface area contributed by atoms with E-state index in [1.807, 2.05) is 26.0 Å². The Balaban J connectivity index is 2.16. The lowest BCUT2D eigenvalue weighted by Gasteiger charge is -2.18. The fourth-order valence-electron chi connectivity index (χ4n) is 3.65. The highest BCUT2D eigenvalue weighted by Gasteiger charge is 2.22. The summed E-state index contributed by atoms with van der Waals surface area (Å²) in [4.78, 5) is 21.3. The summed E-state index contributed by atoms with van der Waals surface area (Å²) in [5.74, 6) is -2.10. The minimum Gasteiger partial charge on any atom is -0.507 e. The van der Waals surface area contributed by atoms with Crippen LogP contribution in [0.1, 0.15) is 31.0 Å². The van der Waals surface area contributed by atoms with Gasteiger partial charge in [-0.05, 0) is 35.7 Å². The number of aromatic hydroxyl groups is 1. The van der Waals surface area contributed by atoms with Gasteiger partial charge in [0, 0.05) is 11.9 Å². The maximum absolute atomic E-state index is 15.0. The first kappa shape index (κ1) is 20.6. The molecule has 0 saturated heterocycles. The summed E-state index contributed by atoms with van der Waals surface area (Å²) in [6.45, 7) is 3.84. The Morgan fingerprint density at radius 3 is 2.48 bits per heavy atom. The van der Waals surface area contributed by atoms with Crippen LogP contribution in [0.3, 0.4) is 0 Å². The van der Waals surface area contributed by atoms with Gasteiger partial charge in [0.25, 0.3) is 0 Å². The van der Waals surface area contributed by atoms with Gasteiger partial charge in [-0.1, -0.05) is 38.1 Å². The van der Waals surface area contributed by atoms with E-state index in [9.17, 15) is 14.3 Å². The molecule has 0 radical (unpaired) electrons. The van der Waals surface area contributed by atoms with Gasteiger partial charge >= 0.3 is 5.69 Å². The molecule has 0 aliphatic carbocycles. The Labute approximate surface area is 176 Å². The molecule has 0 bridgehead atoms. The van der Waals surface area contributed by atoms with Gasteiger partial charge in [-0.15, -0.1) is 0 Å². The first-order valence-electron chi connectivity index (χ1n) is 9.72. The number of nitrogens with zero attached hydrogens (tertiary/aromatic N) is 3. The lowest BCUT2D eigenvalue weighted by Crippen LogP contribution is -2.26. The highest BCUT2D eigenvalue weighted by Crippen LogP contribution is 2.34. The topological polar surface area (TPSA) is 94.0 Å². The maximum Gasteiger partial charge on any atom is 0.354 e. The fourth-order valence-corrected chi connectivity index (χ4v) is 3.65. The van der Waals surface area contributed by atoms with E-state index in [2.05, 4.69) is 9.97 Å². The Bertz CT molecular complexity index is 1350. The average molecular weight is 422 g/mol. The van der Waals surface area contributed by atoms with E-state index in [4.69, 9.17) is 5.73 Å². The Morgan fingerprint density at radius 1 is 1.06 bits per heavy atom. The molecule has 0 aliphatic heterocycles. The molecule has 0 unspecified atom stereocenters. The molecule has 2 heterocycles. The van der Waals surface area contributed by atoms with Crippen LogP contribution in [0.4, 0.5) is 8.78 Å². The minimum absolute atomic E-state index is 0.0721. The number of fused-ring (bicyclic) bond motifs is 1. The number of benzene rings is 2. The van der Waals surface area contributed by atoms with Gasteiger partial charge in [0.15, 0.2) is 11.5 Å². The summed E-state index contributed by atoms with van der Waals surface area (Å²) in [6, 6.07) is 12.0. The number of aromatic nitrogens is 3. The summed E-state index contributed by atoms with van der Waals surface area (Å²) in [6.07, 6.45) is 0. The molecule has 4 rings (SSSR count). The summed E-state index contributed by atoms with van der Waals surface area (Å²) in [5, 5.41) is 10.4. The van der Waals surface area contributed by atoms with Crippen molar-refractivity contribution in [1.82, 2.24) is 14.5 Å². The largest absolute Gasteiger partial charge is 0.507 e. The van der Waals surface area contributed by atoms with Crippen molar-refractivity contribution in [2.24, 2.45) is 5.73 Å². The summed E-state index contributed by atoms with van der Waals surface area (Å²) >= 11 is 0. The van der Waals surface area contributed by atoms with Crippen LogP contribution < -0.4 is 11.4 Å². The van der Waals surface area contributed by atoms with Crippen molar-refractivity contribution >= 4 is 11.0 Å². The molecule has 31 heavy (non-hydrogen) atoms. The molecule has 6 nitrogen and oxygen atoms in total. The normalized spacial score (nSPS) is 11.4. The van der Waals surface area contributed by atoms with Crippen molar-refractivity contribution in [3.8, 4) is 22.7 Å². The number of halogens is 2. The average Bonchev–Trinajstić information content (AvgIpc) is 2.73. The molecule has 4 aromatic rings. The summed E-state index contributed by atoms with van der Waals surface area (Å²) in [7, 11) is 0. The van der Waals surface area contributed by atoms with Crippen molar-refractivity contribution in [2.45, 2.75) is 26.3 Å². The van der Waals surface area contributed by atoms with Gasteiger partial charge in [-0.3, -0.25) is 0 Å². The van der Waals surface area contributed by atoms with Crippen molar-refractivity contribution < 1.29 is 13.9 Å². The monoisotopic (exact) mass is 422 g/mol. The number of phenolic OH excluding ortho intramolecular Hbond substituents is 1. The van der Waals surface area contributed by atoms with Crippen molar-refractivity contribution in [1.29, 1.82) is 0 Å². The molecule has 3 N–H and O–H groups in total. The van der Waals surface area contributed by atoms with Gasteiger partial charge < -0.3 is 10.8 Å². The third-order valence-electron chi connectivity index (χ3n) is 5.12. The van der Waals surface area contributed by atoms with Crippen LogP contribution in [0.25, 0.3) is 28.0 Å². The van der Waals surface area contributed by atoms with E-state index >= 15 is 4.39 Å². The Morgan fingerprint density at radius 2 is 1.81 bits per heavy atom. The second kappa shape index (κ2) is 7.88. The smallest absolute Gasteiger partial charge is 0.354 e. The SMILES string of the molecule is CC(C)c1ccccc1-n1c(=O)nc(CN)c2cc(F)c(-c3c(O)cccc3F)nc21. The van der Waals surface area contributed by atoms with Crippen LogP contribution in [0.2, 0.25) is 0 Å². The lowest BCUT2D eigenvalue weighted by atomic mass is 10.0. The quantitative estimate of drug-likeness (QED) is 0.518. The third-order valence-corrected chi connectivity index (χ3v) is 5.12. The van der Waals surface area contributed by atoms with E-state index < -0.39 is 28.8 Å². The van der Waals surface area contributed by atoms with E-state index in [0.717, 1.165) is 17.7 Å². The predicted octanol–water partition coefficient (Wildman–Crippen LogP) is 4.01. The van der Waals surface area contributed by atoms with E-state index in [1.165, 1.54) is 16.7 Å². The van der Waals surface area contributed by atoms with Crippen LogP contribution in [0.15, 0.2) is 53.3 Å². The number of hydrogen-bond acceptors (Lipinski definition) is 5. The summed E-state index contributed by atoms with van der Waals surface area (Å²) < 4.78 is 30.8. The molecule has 0 aliphatic rings. The fraction of sp³-hybridized carbons (Fsp3) is 0.174. The second-order valence-corrected chi connectivity index (χ2v) is 7.42. The molecule has 0 atom stereocenters. The van der Waals surface area contributed by atoms with Crippen LogP contribution >= 0.6 is 0 Å². The van der Waals surface area contributed by atoms with Gasteiger partial charge in [0.2, 0.25) is 0 Å². The molecule has 2 aromatic heterocycles. The number of nitrogens with two attached hydrogens (primary N) is 1. The number of phenols is 1. The van der Waals surface area contributed by atoms with Crippen LogP contribution in [0.5, 0.6) is 5.75 Å². The highest BCUT2D eigenvalue weighted by atomic mass is 19.1. The molecule has 158 valence electrons. The zero-order valence-electron chi connectivity index (χ0n) is 16.9. The zero-order chi connectivity index (χ0) is 22.3. The van der Waals surface area contributed by atoms with Crippen molar-refractivity contribution in [3.05, 3.63) is 81.9 Å². The van der Waals surface area contributed by atoms with E-state index in [1.54, 1.807) is 12.1 Å². The van der Waals surface area contributed by atoms with Crippen LogP contribution in [-0.4, -0.2) is 19.6 Å². The molecule has 0 amide bonds. The van der Waals surface area contributed by atoms with Gasteiger partial charge in [0.05, 0.1) is 16.9 Å². The summed E-state index contributed by atoms with van der Waals surface area (Å²) in [5.41, 5.74) is 5.95. The lowest BCUT2D eigenvalue weighted by molar-refractivity contribution is 0.470. The predicted molar refractivity (Wildman–Crippen MR) is 114 cm³/mol. The number of hydrogen-bond donors (Lipinski definition) is 2. The number of para-hydroxylation sites is 1. The number of pyridine rings is 1. The number of rotatable bonds is 4. The molecular formula is C23H20F2N4O2. The van der Waals surface area contributed by atoms with Crippen molar-refractivity contribution in [3.63, 3.8) is 0 Å². The molecule has 8 heteroatoms. The van der Waals surface area contributed by atoms with E-state index in [0.29, 0.717) is 5.69 Å². The standard InChI is InChI=1S/C23H20F2N4O2/c1-12(2)13-6-3-4-8-18(13)29-22-14(17(11-26)27-23(29)31)10-16(25)21(28-22)20-15(24)7-5-9-19(20)30/h3-10,12,30H,11,26H2,1-2H3.